The molecule has 0 aliphatic carbocycles. The van der Waals surface area contributed by atoms with Crippen molar-refractivity contribution in [3.8, 4) is 0 Å². The summed E-state index contributed by atoms with van der Waals surface area (Å²) in [6, 6.07) is 0. The molecule has 0 bridgehead atoms. The summed E-state index contributed by atoms with van der Waals surface area (Å²) in [6.07, 6.45) is 25.6. The largest absolute Gasteiger partial charge is 0.390 e. The molecular weight excluding hydrogens is 308 g/mol. The maximum Gasteiger partial charge on any atom is 0.166 e. The second-order valence-electron chi connectivity index (χ2n) is 7.53. The van der Waals surface area contributed by atoms with Crippen molar-refractivity contribution in [2.24, 2.45) is 0 Å². The zero-order valence-electron chi connectivity index (χ0n) is 16.9. The van der Waals surface area contributed by atoms with Crippen molar-refractivity contribution in [2.45, 2.75) is 97.1 Å². The van der Waals surface area contributed by atoms with Gasteiger partial charge in [0.2, 0.25) is 0 Å². The SMILES string of the molecule is CCCCCCCCCCC/C=C/CCC1NC=C[N+]1(CC)CCO. The van der Waals surface area contributed by atoms with Gasteiger partial charge in [-0.1, -0.05) is 70.4 Å². The van der Waals surface area contributed by atoms with E-state index >= 15 is 0 Å². The fourth-order valence-electron chi connectivity index (χ4n) is 3.86. The Hall–Kier alpha value is -0.800. The van der Waals surface area contributed by atoms with Gasteiger partial charge >= 0.3 is 0 Å². The molecule has 0 aromatic heterocycles. The van der Waals surface area contributed by atoms with Crippen LogP contribution in [-0.4, -0.2) is 35.5 Å². The van der Waals surface area contributed by atoms with E-state index < -0.39 is 0 Å². The number of allylic oxidation sites excluding steroid dienone is 2. The van der Waals surface area contributed by atoms with Crippen molar-refractivity contribution in [1.29, 1.82) is 0 Å². The molecule has 3 heteroatoms. The van der Waals surface area contributed by atoms with Gasteiger partial charge in [0.25, 0.3) is 0 Å². The van der Waals surface area contributed by atoms with Crippen LogP contribution in [-0.2, 0) is 0 Å². The maximum absolute atomic E-state index is 9.33. The van der Waals surface area contributed by atoms with Crippen molar-refractivity contribution >= 4 is 0 Å². The standard InChI is InChI=1S/C22H43N2O/c1-3-5-6-7-8-9-10-11-12-13-14-15-16-17-22-23-18-19-24(22,4-2)20-21-25/h14-15,18-19,22-23,25H,3-13,16-17,20-21H2,1-2H3/q+1/b15-14+. The molecular formula is C22H43N2O+. The first-order valence-electron chi connectivity index (χ1n) is 10.8. The molecule has 0 spiro atoms. The van der Waals surface area contributed by atoms with Gasteiger partial charge in [-0.05, 0) is 26.2 Å². The van der Waals surface area contributed by atoms with E-state index in [4.69, 9.17) is 0 Å². The first-order valence-corrected chi connectivity index (χ1v) is 10.8. The minimum Gasteiger partial charge on any atom is -0.390 e. The van der Waals surface area contributed by atoms with Crippen LogP contribution in [0, 0.1) is 0 Å². The number of nitrogens with zero attached hydrogens (tertiary/aromatic N) is 1. The Bertz CT molecular complexity index is 367. The lowest BCUT2D eigenvalue weighted by Gasteiger charge is -2.36. The van der Waals surface area contributed by atoms with Crippen molar-refractivity contribution in [3.63, 3.8) is 0 Å². The molecule has 0 aromatic rings. The van der Waals surface area contributed by atoms with Gasteiger partial charge in [-0.2, -0.15) is 0 Å². The molecule has 1 heterocycles. The number of hydrogen-bond acceptors (Lipinski definition) is 2. The van der Waals surface area contributed by atoms with Gasteiger partial charge in [0.15, 0.2) is 6.17 Å². The monoisotopic (exact) mass is 351 g/mol. The minimum absolute atomic E-state index is 0.255. The van der Waals surface area contributed by atoms with Gasteiger partial charge in [0.05, 0.1) is 19.4 Å². The molecule has 0 saturated carbocycles. The van der Waals surface area contributed by atoms with Crippen LogP contribution >= 0.6 is 0 Å². The number of aliphatic hydroxyl groups is 1. The Labute approximate surface area is 156 Å². The van der Waals surface area contributed by atoms with E-state index in [0.29, 0.717) is 6.17 Å². The van der Waals surface area contributed by atoms with Gasteiger partial charge < -0.3 is 10.4 Å². The molecule has 2 N–H and O–H groups in total. The number of quaternary nitrogens is 1. The highest BCUT2D eigenvalue weighted by atomic mass is 16.3. The zero-order chi connectivity index (χ0) is 18.2. The van der Waals surface area contributed by atoms with E-state index in [1.54, 1.807) is 0 Å². The molecule has 0 fully saturated rings. The lowest BCUT2D eigenvalue weighted by Crippen LogP contribution is -2.53. The van der Waals surface area contributed by atoms with E-state index in [2.05, 4.69) is 43.7 Å². The molecule has 3 nitrogen and oxygen atoms in total. The van der Waals surface area contributed by atoms with Gasteiger partial charge in [-0.3, -0.25) is 4.48 Å². The van der Waals surface area contributed by atoms with Gasteiger partial charge in [0.1, 0.15) is 12.7 Å². The zero-order valence-corrected chi connectivity index (χ0v) is 16.9. The highest BCUT2D eigenvalue weighted by Gasteiger charge is 2.35. The summed E-state index contributed by atoms with van der Waals surface area (Å²) in [5.41, 5.74) is 0. The fraction of sp³-hybridized carbons (Fsp3) is 0.818. The van der Waals surface area contributed by atoms with Gasteiger partial charge in [0, 0.05) is 6.42 Å². The number of aliphatic hydroxyl groups excluding tert-OH is 1. The topological polar surface area (TPSA) is 32.3 Å². The van der Waals surface area contributed by atoms with Crippen molar-refractivity contribution in [2.75, 3.05) is 19.7 Å². The Balaban J connectivity index is 2.00. The first-order chi connectivity index (χ1) is 12.3. The third-order valence-electron chi connectivity index (χ3n) is 5.63. The Kier molecular flexibility index (Phi) is 12.8. The summed E-state index contributed by atoms with van der Waals surface area (Å²) < 4.78 is 0.878. The lowest BCUT2D eigenvalue weighted by atomic mass is 10.1. The van der Waals surface area contributed by atoms with Crippen molar-refractivity contribution in [1.82, 2.24) is 5.32 Å². The summed E-state index contributed by atoms with van der Waals surface area (Å²) in [4.78, 5) is 0. The van der Waals surface area contributed by atoms with Crippen LogP contribution in [0.1, 0.15) is 90.9 Å². The average Bonchev–Trinajstić information content (AvgIpc) is 3.02. The Morgan fingerprint density at radius 1 is 0.920 bits per heavy atom. The second kappa shape index (κ2) is 14.4. The summed E-state index contributed by atoms with van der Waals surface area (Å²) >= 11 is 0. The number of nitrogens with one attached hydrogen (secondary N) is 1. The third kappa shape index (κ3) is 8.91. The lowest BCUT2D eigenvalue weighted by molar-refractivity contribution is -0.899. The molecule has 146 valence electrons. The first kappa shape index (κ1) is 22.2. The number of rotatable bonds is 16. The second-order valence-corrected chi connectivity index (χ2v) is 7.53. The summed E-state index contributed by atoms with van der Waals surface area (Å²) in [6.45, 7) is 6.59. The summed E-state index contributed by atoms with van der Waals surface area (Å²) in [5.74, 6) is 0. The molecule has 2 atom stereocenters. The van der Waals surface area contributed by atoms with E-state index in [-0.39, 0.29) is 6.61 Å². The highest BCUT2D eigenvalue weighted by molar-refractivity contribution is 4.88. The van der Waals surface area contributed by atoms with Crippen LogP contribution in [0.25, 0.3) is 0 Å². The van der Waals surface area contributed by atoms with E-state index in [0.717, 1.165) is 30.4 Å². The minimum atomic E-state index is 0.255. The molecule has 1 rings (SSSR count). The smallest absolute Gasteiger partial charge is 0.166 e. The highest BCUT2D eigenvalue weighted by Crippen LogP contribution is 2.21. The van der Waals surface area contributed by atoms with E-state index in [9.17, 15) is 5.11 Å². The van der Waals surface area contributed by atoms with Gasteiger partial charge in [-0.25, -0.2) is 0 Å². The third-order valence-corrected chi connectivity index (χ3v) is 5.63. The summed E-state index contributed by atoms with van der Waals surface area (Å²) in [7, 11) is 0. The van der Waals surface area contributed by atoms with Crippen LogP contribution in [0.15, 0.2) is 24.6 Å². The Morgan fingerprint density at radius 2 is 1.56 bits per heavy atom. The predicted molar refractivity (Wildman–Crippen MR) is 109 cm³/mol. The number of hydrogen-bond donors (Lipinski definition) is 2. The van der Waals surface area contributed by atoms with E-state index in [1.165, 1.54) is 64.2 Å². The van der Waals surface area contributed by atoms with Gasteiger partial charge in [-0.15, -0.1) is 0 Å². The predicted octanol–water partition coefficient (Wildman–Crippen LogP) is 5.47. The number of likely N-dealkylation sites (N-methyl/N-ethyl adjacent to an activating group) is 1. The molecule has 1 aliphatic rings. The van der Waals surface area contributed by atoms with Crippen LogP contribution in [0.2, 0.25) is 0 Å². The van der Waals surface area contributed by atoms with Crippen LogP contribution in [0.5, 0.6) is 0 Å². The number of unbranched alkanes of at least 4 members (excludes halogenated alkanes) is 9. The fourth-order valence-corrected chi connectivity index (χ4v) is 3.86. The van der Waals surface area contributed by atoms with Crippen molar-refractivity contribution < 1.29 is 9.59 Å². The molecule has 0 amide bonds. The molecule has 0 radical (unpaired) electrons. The van der Waals surface area contributed by atoms with Crippen LogP contribution in [0.4, 0.5) is 0 Å². The molecule has 1 aliphatic heterocycles. The maximum atomic E-state index is 9.33. The summed E-state index contributed by atoms with van der Waals surface area (Å²) in [5, 5.41) is 12.8. The van der Waals surface area contributed by atoms with Crippen LogP contribution < -0.4 is 5.32 Å². The average molecular weight is 352 g/mol. The molecule has 0 saturated heterocycles. The van der Waals surface area contributed by atoms with Crippen LogP contribution in [0.3, 0.4) is 0 Å². The normalized spacial score (nSPS) is 22.8. The molecule has 25 heavy (non-hydrogen) atoms. The molecule has 2 unspecified atom stereocenters. The van der Waals surface area contributed by atoms with E-state index in [1.807, 2.05) is 0 Å². The Morgan fingerprint density at radius 3 is 2.20 bits per heavy atom. The molecule has 0 aromatic carbocycles. The quantitative estimate of drug-likeness (QED) is 0.219. The van der Waals surface area contributed by atoms with Crippen molar-refractivity contribution in [3.05, 3.63) is 24.6 Å².